The van der Waals surface area contributed by atoms with Crippen molar-refractivity contribution >= 4 is 17.7 Å². The molecule has 1 fully saturated rings. The van der Waals surface area contributed by atoms with Crippen molar-refractivity contribution in [3.05, 3.63) is 0 Å². The van der Waals surface area contributed by atoms with Gasteiger partial charge in [-0.25, -0.2) is 0 Å². The van der Waals surface area contributed by atoms with Gasteiger partial charge in [0, 0.05) is 11.9 Å². The van der Waals surface area contributed by atoms with Crippen LogP contribution in [-0.4, -0.2) is 34.8 Å². The lowest BCUT2D eigenvalue weighted by Gasteiger charge is -2.20. The first-order valence-electron chi connectivity index (χ1n) is 5.40. The van der Waals surface area contributed by atoms with Crippen LogP contribution in [0.4, 0.5) is 0 Å². The molecule has 0 spiro atoms. The molecule has 0 bridgehead atoms. The summed E-state index contributed by atoms with van der Waals surface area (Å²) in [6.07, 6.45) is 2.14. The Balaban J connectivity index is 2.24. The maximum Gasteiger partial charge on any atom is 0.309 e. The topological polar surface area (TPSA) is 46.5 Å². The minimum Gasteiger partial charge on any atom is -0.481 e. The molecular weight excluding hydrogens is 212 g/mol. The molecule has 1 heterocycles. The predicted molar refractivity (Wildman–Crippen MR) is 62.3 cm³/mol. The van der Waals surface area contributed by atoms with Crippen LogP contribution in [0.1, 0.15) is 33.6 Å². The van der Waals surface area contributed by atoms with Gasteiger partial charge in [0.1, 0.15) is 0 Å². The molecule has 1 rings (SSSR count). The highest BCUT2D eigenvalue weighted by atomic mass is 32.2. The van der Waals surface area contributed by atoms with E-state index in [4.69, 9.17) is 9.84 Å². The van der Waals surface area contributed by atoms with Crippen LogP contribution in [0.5, 0.6) is 0 Å². The van der Waals surface area contributed by atoms with Crippen molar-refractivity contribution in [1.82, 2.24) is 0 Å². The van der Waals surface area contributed by atoms with Crippen molar-refractivity contribution in [1.29, 1.82) is 0 Å². The van der Waals surface area contributed by atoms with Crippen LogP contribution in [0.15, 0.2) is 0 Å². The fraction of sp³-hybridized carbons (Fsp3) is 0.909. The van der Waals surface area contributed by atoms with Gasteiger partial charge >= 0.3 is 5.97 Å². The molecule has 0 aromatic carbocycles. The lowest BCUT2D eigenvalue weighted by Crippen LogP contribution is -2.25. The van der Waals surface area contributed by atoms with E-state index in [0.29, 0.717) is 11.4 Å². The molecule has 0 radical (unpaired) electrons. The summed E-state index contributed by atoms with van der Waals surface area (Å²) in [6, 6.07) is 0. The van der Waals surface area contributed by atoms with Gasteiger partial charge in [0.15, 0.2) is 0 Å². The van der Waals surface area contributed by atoms with Crippen LogP contribution >= 0.6 is 11.8 Å². The van der Waals surface area contributed by atoms with E-state index in [9.17, 15) is 4.79 Å². The Morgan fingerprint density at radius 2 is 2.27 bits per heavy atom. The number of hydrogen-bond acceptors (Lipinski definition) is 3. The summed E-state index contributed by atoms with van der Waals surface area (Å²) in [5.41, 5.74) is -0.601. The van der Waals surface area contributed by atoms with Crippen molar-refractivity contribution in [2.75, 3.05) is 12.4 Å². The summed E-state index contributed by atoms with van der Waals surface area (Å²) >= 11 is 1.85. The molecule has 15 heavy (non-hydrogen) atoms. The quantitative estimate of drug-likeness (QED) is 0.790. The molecule has 1 aliphatic heterocycles. The highest BCUT2D eigenvalue weighted by molar-refractivity contribution is 7.99. The number of thioether (sulfide) groups is 1. The Morgan fingerprint density at radius 1 is 1.60 bits per heavy atom. The van der Waals surface area contributed by atoms with E-state index in [0.717, 1.165) is 25.2 Å². The first-order chi connectivity index (χ1) is 6.93. The summed E-state index contributed by atoms with van der Waals surface area (Å²) in [4.78, 5) is 10.9. The van der Waals surface area contributed by atoms with E-state index >= 15 is 0 Å². The molecule has 2 atom stereocenters. The highest BCUT2D eigenvalue weighted by Crippen LogP contribution is 2.30. The van der Waals surface area contributed by atoms with Crippen LogP contribution in [0.25, 0.3) is 0 Å². The Bertz CT molecular complexity index is 228. The summed E-state index contributed by atoms with van der Waals surface area (Å²) in [6.45, 7) is 6.50. The highest BCUT2D eigenvalue weighted by Gasteiger charge is 2.29. The van der Waals surface area contributed by atoms with E-state index in [1.807, 2.05) is 11.8 Å². The zero-order chi connectivity index (χ0) is 11.5. The first kappa shape index (κ1) is 12.8. The minimum atomic E-state index is -0.709. The molecule has 1 aliphatic rings. The van der Waals surface area contributed by atoms with Gasteiger partial charge in [-0.3, -0.25) is 4.79 Å². The Morgan fingerprint density at radius 3 is 2.73 bits per heavy atom. The second kappa shape index (κ2) is 5.21. The molecule has 1 saturated heterocycles. The molecule has 88 valence electrons. The maximum absolute atomic E-state index is 10.9. The van der Waals surface area contributed by atoms with Gasteiger partial charge < -0.3 is 9.84 Å². The number of hydrogen-bond donors (Lipinski definition) is 1. The standard InChI is InChI=1S/C11H20O3S/c1-8-9(4-6-14-8)15-7-5-11(2,3)10(12)13/h8-9H,4-7H2,1-3H3,(H,12,13). The monoisotopic (exact) mass is 232 g/mol. The number of carboxylic acid groups (broad SMARTS) is 1. The number of aliphatic carboxylic acids is 1. The maximum atomic E-state index is 10.9. The molecule has 1 N–H and O–H groups in total. The number of ether oxygens (including phenoxy) is 1. The zero-order valence-electron chi connectivity index (χ0n) is 9.66. The van der Waals surface area contributed by atoms with Crippen molar-refractivity contribution in [3.8, 4) is 0 Å². The molecular formula is C11H20O3S. The number of rotatable bonds is 5. The van der Waals surface area contributed by atoms with Gasteiger partial charge in [-0.05, 0) is 39.4 Å². The van der Waals surface area contributed by atoms with E-state index in [1.165, 1.54) is 0 Å². The molecule has 0 aromatic heterocycles. The summed E-state index contributed by atoms with van der Waals surface area (Å²) in [7, 11) is 0. The largest absolute Gasteiger partial charge is 0.481 e. The van der Waals surface area contributed by atoms with Gasteiger partial charge in [0.05, 0.1) is 11.5 Å². The lowest BCUT2D eigenvalue weighted by atomic mass is 9.91. The van der Waals surface area contributed by atoms with Crippen molar-refractivity contribution in [3.63, 3.8) is 0 Å². The van der Waals surface area contributed by atoms with Crippen LogP contribution < -0.4 is 0 Å². The zero-order valence-corrected chi connectivity index (χ0v) is 10.5. The third-order valence-electron chi connectivity index (χ3n) is 2.94. The van der Waals surface area contributed by atoms with Crippen molar-refractivity contribution < 1.29 is 14.6 Å². The SMILES string of the molecule is CC1OCCC1SCCC(C)(C)C(=O)O. The molecule has 0 aliphatic carbocycles. The molecule has 0 saturated carbocycles. The van der Waals surface area contributed by atoms with Gasteiger partial charge in [-0.2, -0.15) is 11.8 Å². The molecule has 4 heteroatoms. The second-order valence-corrected chi connectivity index (χ2v) is 6.06. The lowest BCUT2D eigenvalue weighted by molar-refractivity contribution is -0.146. The third kappa shape index (κ3) is 3.68. The van der Waals surface area contributed by atoms with Gasteiger partial charge in [-0.1, -0.05) is 0 Å². The Hall–Kier alpha value is -0.220. The minimum absolute atomic E-state index is 0.322. The van der Waals surface area contributed by atoms with E-state index in [1.54, 1.807) is 13.8 Å². The van der Waals surface area contributed by atoms with E-state index in [2.05, 4.69) is 6.92 Å². The molecule has 2 unspecified atom stereocenters. The van der Waals surface area contributed by atoms with E-state index in [-0.39, 0.29) is 0 Å². The van der Waals surface area contributed by atoms with E-state index < -0.39 is 11.4 Å². The summed E-state index contributed by atoms with van der Waals surface area (Å²) in [5, 5.41) is 9.50. The molecule has 0 aromatic rings. The Labute approximate surface area is 95.6 Å². The number of carbonyl (C=O) groups is 1. The Kier molecular flexibility index (Phi) is 4.46. The predicted octanol–water partition coefficient (Wildman–Crippen LogP) is 2.40. The van der Waals surface area contributed by atoms with Crippen LogP contribution in [-0.2, 0) is 9.53 Å². The normalized spacial score (nSPS) is 26.9. The van der Waals surface area contributed by atoms with Gasteiger partial charge in [0.25, 0.3) is 0 Å². The van der Waals surface area contributed by atoms with Gasteiger partial charge in [0.2, 0.25) is 0 Å². The average molecular weight is 232 g/mol. The first-order valence-corrected chi connectivity index (χ1v) is 6.45. The fourth-order valence-corrected chi connectivity index (χ4v) is 3.05. The number of carboxylic acids is 1. The van der Waals surface area contributed by atoms with Crippen LogP contribution in [0, 0.1) is 5.41 Å². The molecule has 0 amide bonds. The van der Waals surface area contributed by atoms with Crippen LogP contribution in [0.2, 0.25) is 0 Å². The third-order valence-corrected chi connectivity index (χ3v) is 4.43. The fourth-order valence-electron chi connectivity index (χ4n) is 1.50. The van der Waals surface area contributed by atoms with Gasteiger partial charge in [-0.15, -0.1) is 0 Å². The average Bonchev–Trinajstić information content (AvgIpc) is 2.51. The summed E-state index contributed by atoms with van der Waals surface area (Å²) in [5.74, 6) is 0.191. The van der Waals surface area contributed by atoms with Crippen molar-refractivity contribution in [2.24, 2.45) is 5.41 Å². The second-order valence-electron chi connectivity index (χ2n) is 4.71. The summed E-state index contributed by atoms with van der Waals surface area (Å²) < 4.78 is 5.46. The smallest absolute Gasteiger partial charge is 0.309 e. The van der Waals surface area contributed by atoms with Crippen LogP contribution in [0.3, 0.4) is 0 Å². The van der Waals surface area contributed by atoms with Crippen molar-refractivity contribution in [2.45, 2.75) is 45.0 Å². The molecule has 3 nitrogen and oxygen atoms in total.